The Bertz CT molecular complexity index is 404. The number of methoxy groups -OCH3 is 1. The lowest BCUT2D eigenvalue weighted by atomic mass is 10.0. The van der Waals surface area contributed by atoms with Crippen LogP contribution in [-0.2, 0) is 4.74 Å². The van der Waals surface area contributed by atoms with Crippen LogP contribution in [0, 0.1) is 0 Å². The van der Waals surface area contributed by atoms with Crippen LogP contribution < -0.4 is 10.1 Å². The van der Waals surface area contributed by atoms with Crippen LogP contribution in [0.4, 0.5) is 0 Å². The largest absolute Gasteiger partial charge is 0.508 e. The summed E-state index contributed by atoms with van der Waals surface area (Å²) in [6, 6.07) is 5.27. The van der Waals surface area contributed by atoms with Crippen LogP contribution in [0.25, 0.3) is 0 Å². The third-order valence-electron chi connectivity index (χ3n) is 3.07. The molecular weight excluding hydrogens is 242 g/mol. The van der Waals surface area contributed by atoms with E-state index in [1.165, 1.54) is 0 Å². The standard InChI is InChI=1S/C15H25NO3/c1-6-19-15(3,4)10-16-11(2)13-9-12(18-5)7-8-14(13)17/h7-9,11,16-17H,6,10H2,1-5H3. The van der Waals surface area contributed by atoms with Gasteiger partial charge in [0, 0.05) is 24.8 Å². The van der Waals surface area contributed by atoms with Crippen LogP contribution in [0.5, 0.6) is 11.5 Å². The highest BCUT2D eigenvalue weighted by atomic mass is 16.5. The third-order valence-corrected chi connectivity index (χ3v) is 3.07. The molecule has 4 nitrogen and oxygen atoms in total. The Morgan fingerprint density at radius 3 is 2.63 bits per heavy atom. The Hall–Kier alpha value is -1.26. The summed E-state index contributed by atoms with van der Waals surface area (Å²) in [4.78, 5) is 0. The molecule has 0 aliphatic carbocycles. The number of rotatable bonds is 7. The maximum Gasteiger partial charge on any atom is 0.120 e. The first kappa shape index (κ1) is 15.8. The highest BCUT2D eigenvalue weighted by molar-refractivity contribution is 5.41. The van der Waals surface area contributed by atoms with Crippen LogP contribution in [0.1, 0.15) is 39.3 Å². The molecule has 108 valence electrons. The second kappa shape index (κ2) is 6.78. The van der Waals surface area contributed by atoms with Gasteiger partial charge in [0.05, 0.1) is 12.7 Å². The molecule has 1 unspecified atom stereocenters. The Morgan fingerprint density at radius 2 is 2.05 bits per heavy atom. The zero-order valence-electron chi connectivity index (χ0n) is 12.5. The van der Waals surface area contributed by atoms with Gasteiger partial charge in [0.25, 0.3) is 0 Å². The van der Waals surface area contributed by atoms with Gasteiger partial charge >= 0.3 is 0 Å². The first-order valence-electron chi connectivity index (χ1n) is 6.64. The van der Waals surface area contributed by atoms with Crippen molar-refractivity contribution in [3.05, 3.63) is 23.8 Å². The number of benzene rings is 1. The molecule has 1 atom stereocenters. The Kier molecular flexibility index (Phi) is 5.63. The molecular formula is C15H25NO3. The summed E-state index contributed by atoms with van der Waals surface area (Å²) in [5.41, 5.74) is 0.601. The molecule has 0 amide bonds. The highest BCUT2D eigenvalue weighted by Crippen LogP contribution is 2.28. The molecule has 1 rings (SSSR count). The second-order valence-corrected chi connectivity index (χ2v) is 5.22. The van der Waals surface area contributed by atoms with Gasteiger partial charge in [0.1, 0.15) is 11.5 Å². The van der Waals surface area contributed by atoms with Crippen LogP contribution in [0.3, 0.4) is 0 Å². The topological polar surface area (TPSA) is 50.7 Å². The Morgan fingerprint density at radius 1 is 1.37 bits per heavy atom. The van der Waals surface area contributed by atoms with E-state index in [4.69, 9.17) is 9.47 Å². The fourth-order valence-electron chi connectivity index (χ4n) is 1.96. The minimum absolute atomic E-state index is 0.0230. The number of ether oxygens (including phenoxy) is 2. The smallest absolute Gasteiger partial charge is 0.120 e. The van der Waals surface area contributed by atoms with E-state index in [1.807, 2.05) is 33.8 Å². The molecule has 0 aromatic heterocycles. The van der Waals surface area contributed by atoms with Gasteiger partial charge < -0.3 is 19.9 Å². The summed E-state index contributed by atoms with van der Waals surface area (Å²) in [6.45, 7) is 9.48. The normalized spacial score (nSPS) is 13.3. The van der Waals surface area contributed by atoms with E-state index in [9.17, 15) is 5.11 Å². The lowest BCUT2D eigenvalue weighted by Crippen LogP contribution is -2.38. The number of phenols is 1. The lowest BCUT2D eigenvalue weighted by Gasteiger charge is -2.27. The van der Waals surface area contributed by atoms with E-state index in [2.05, 4.69) is 5.32 Å². The molecule has 0 saturated heterocycles. The molecule has 4 heteroatoms. The van der Waals surface area contributed by atoms with Gasteiger partial charge in [-0.25, -0.2) is 0 Å². The van der Waals surface area contributed by atoms with Gasteiger partial charge in [0.2, 0.25) is 0 Å². The summed E-state index contributed by atoms with van der Waals surface area (Å²) in [5, 5.41) is 13.3. The Balaban J connectivity index is 2.70. The van der Waals surface area contributed by atoms with E-state index >= 15 is 0 Å². The first-order valence-corrected chi connectivity index (χ1v) is 6.64. The quantitative estimate of drug-likeness (QED) is 0.797. The van der Waals surface area contributed by atoms with Crippen molar-refractivity contribution in [2.75, 3.05) is 20.3 Å². The summed E-state index contributed by atoms with van der Waals surface area (Å²) in [6.07, 6.45) is 0. The monoisotopic (exact) mass is 267 g/mol. The zero-order valence-corrected chi connectivity index (χ0v) is 12.5. The number of hydrogen-bond acceptors (Lipinski definition) is 4. The second-order valence-electron chi connectivity index (χ2n) is 5.22. The minimum atomic E-state index is -0.225. The minimum Gasteiger partial charge on any atom is -0.508 e. The van der Waals surface area contributed by atoms with E-state index < -0.39 is 0 Å². The van der Waals surface area contributed by atoms with Gasteiger partial charge in [-0.1, -0.05) is 0 Å². The molecule has 2 N–H and O–H groups in total. The van der Waals surface area contributed by atoms with E-state index in [0.29, 0.717) is 13.2 Å². The van der Waals surface area contributed by atoms with Gasteiger partial charge in [-0.2, -0.15) is 0 Å². The fourth-order valence-corrected chi connectivity index (χ4v) is 1.96. The fraction of sp³-hybridized carbons (Fsp3) is 0.600. The van der Waals surface area contributed by atoms with E-state index in [-0.39, 0.29) is 17.4 Å². The summed E-state index contributed by atoms with van der Waals surface area (Å²) >= 11 is 0. The van der Waals surface area contributed by atoms with Crippen molar-refractivity contribution in [1.82, 2.24) is 5.32 Å². The van der Waals surface area contributed by atoms with Crippen molar-refractivity contribution >= 4 is 0 Å². The molecule has 0 heterocycles. The first-order chi connectivity index (χ1) is 8.89. The van der Waals surface area contributed by atoms with Crippen LogP contribution in [0.2, 0.25) is 0 Å². The van der Waals surface area contributed by atoms with Crippen LogP contribution >= 0.6 is 0 Å². The molecule has 1 aromatic rings. The lowest BCUT2D eigenvalue weighted by molar-refractivity contribution is -0.0103. The maximum absolute atomic E-state index is 9.91. The van der Waals surface area contributed by atoms with Gasteiger partial charge in [-0.15, -0.1) is 0 Å². The van der Waals surface area contributed by atoms with Gasteiger partial charge in [-0.3, -0.25) is 0 Å². The maximum atomic E-state index is 9.91. The number of hydrogen-bond donors (Lipinski definition) is 2. The van der Waals surface area contributed by atoms with E-state index in [1.54, 1.807) is 19.2 Å². The van der Waals surface area contributed by atoms with Gasteiger partial charge in [-0.05, 0) is 45.9 Å². The summed E-state index contributed by atoms with van der Waals surface area (Å²) in [5.74, 6) is 1.01. The Labute approximate surface area is 115 Å². The van der Waals surface area contributed by atoms with E-state index in [0.717, 1.165) is 11.3 Å². The summed E-state index contributed by atoms with van der Waals surface area (Å²) in [7, 11) is 1.62. The van der Waals surface area contributed by atoms with Crippen molar-refractivity contribution in [3.63, 3.8) is 0 Å². The molecule has 1 aromatic carbocycles. The number of phenolic OH excluding ortho intramolecular Hbond substituents is 1. The van der Waals surface area contributed by atoms with Gasteiger partial charge in [0.15, 0.2) is 0 Å². The molecule has 19 heavy (non-hydrogen) atoms. The molecule has 0 fully saturated rings. The molecule has 0 spiro atoms. The molecule has 0 aliphatic heterocycles. The molecule has 0 aliphatic rings. The summed E-state index contributed by atoms with van der Waals surface area (Å²) < 4.78 is 10.8. The molecule has 0 radical (unpaired) electrons. The van der Waals surface area contributed by atoms with Crippen molar-refractivity contribution in [1.29, 1.82) is 0 Å². The predicted octanol–water partition coefficient (Wildman–Crippen LogP) is 2.87. The van der Waals surface area contributed by atoms with Crippen LogP contribution in [0.15, 0.2) is 18.2 Å². The van der Waals surface area contributed by atoms with Crippen molar-refractivity contribution in [2.24, 2.45) is 0 Å². The third kappa shape index (κ3) is 4.73. The van der Waals surface area contributed by atoms with Crippen LogP contribution in [-0.4, -0.2) is 31.0 Å². The number of nitrogens with one attached hydrogen (secondary N) is 1. The average molecular weight is 267 g/mol. The predicted molar refractivity (Wildman–Crippen MR) is 76.8 cm³/mol. The average Bonchev–Trinajstić information content (AvgIpc) is 2.36. The zero-order chi connectivity index (χ0) is 14.5. The van der Waals surface area contributed by atoms with Crippen molar-refractivity contribution in [3.8, 4) is 11.5 Å². The van der Waals surface area contributed by atoms with Crippen molar-refractivity contribution < 1.29 is 14.6 Å². The number of aromatic hydroxyl groups is 1. The molecule has 0 saturated carbocycles. The highest BCUT2D eigenvalue weighted by Gasteiger charge is 2.20. The molecule has 0 bridgehead atoms. The van der Waals surface area contributed by atoms with Crippen molar-refractivity contribution in [2.45, 2.75) is 39.3 Å². The SMILES string of the molecule is CCOC(C)(C)CNC(C)c1cc(OC)ccc1O.